The summed E-state index contributed by atoms with van der Waals surface area (Å²) in [5, 5.41) is 0. The van der Waals surface area contributed by atoms with Crippen LogP contribution in [0.15, 0.2) is 23.8 Å². The number of methoxy groups -OCH3 is 1. The second-order valence-electron chi connectivity index (χ2n) is 3.83. The third kappa shape index (κ3) is 6.77. The van der Waals surface area contributed by atoms with Gasteiger partial charge >= 0.3 is 6.16 Å². The second-order valence-corrected chi connectivity index (χ2v) is 3.83. The molecule has 0 bridgehead atoms. The lowest BCUT2D eigenvalue weighted by Crippen LogP contribution is -2.14. The van der Waals surface area contributed by atoms with Gasteiger partial charge in [-0.3, -0.25) is 0 Å². The molecule has 86 valence electrons. The summed E-state index contributed by atoms with van der Waals surface area (Å²) < 4.78 is 9.30. The van der Waals surface area contributed by atoms with Crippen molar-refractivity contribution in [3.05, 3.63) is 23.8 Å². The highest BCUT2D eigenvalue weighted by Crippen LogP contribution is 2.15. The average molecular weight is 212 g/mol. The van der Waals surface area contributed by atoms with Crippen molar-refractivity contribution in [2.75, 3.05) is 13.7 Å². The SMILES string of the molecule is C=C(C)[C@@H](CC=C(C)C)COC(=O)OC. The summed E-state index contributed by atoms with van der Waals surface area (Å²) in [5.41, 5.74) is 2.26. The van der Waals surface area contributed by atoms with Crippen molar-refractivity contribution in [1.29, 1.82) is 0 Å². The Bertz CT molecular complexity index is 250. The lowest BCUT2D eigenvalue weighted by Gasteiger charge is -2.14. The monoisotopic (exact) mass is 212 g/mol. The van der Waals surface area contributed by atoms with E-state index in [-0.39, 0.29) is 5.92 Å². The van der Waals surface area contributed by atoms with E-state index in [4.69, 9.17) is 4.74 Å². The summed E-state index contributed by atoms with van der Waals surface area (Å²) in [7, 11) is 1.30. The third-order valence-electron chi connectivity index (χ3n) is 2.08. The fourth-order valence-corrected chi connectivity index (χ4v) is 1.02. The van der Waals surface area contributed by atoms with Gasteiger partial charge < -0.3 is 9.47 Å². The van der Waals surface area contributed by atoms with Crippen LogP contribution >= 0.6 is 0 Å². The zero-order valence-corrected chi connectivity index (χ0v) is 10.0. The van der Waals surface area contributed by atoms with Crippen LogP contribution in [0.1, 0.15) is 27.2 Å². The van der Waals surface area contributed by atoms with Crippen LogP contribution in [0.4, 0.5) is 4.79 Å². The van der Waals surface area contributed by atoms with Crippen LogP contribution in [0.25, 0.3) is 0 Å². The summed E-state index contributed by atoms with van der Waals surface area (Å²) >= 11 is 0. The van der Waals surface area contributed by atoms with E-state index < -0.39 is 6.16 Å². The van der Waals surface area contributed by atoms with Gasteiger partial charge in [-0.2, -0.15) is 0 Å². The van der Waals surface area contributed by atoms with Crippen LogP contribution in [-0.2, 0) is 9.47 Å². The minimum Gasteiger partial charge on any atom is -0.438 e. The van der Waals surface area contributed by atoms with Crippen molar-refractivity contribution in [2.24, 2.45) is 5.92 Å². The molecule has 0 spiro atoms. The zero-order chi connectivity index (χ0) is 11.8. The third-order valence-corrected chi connectivity index (χ3v) is 2.08. The van der Waals surface area contributed by atoms with E-state index in [1.807, 2.05) is 20.8 Å². The van der Waals surface area contributed by atoms with E-state index in [2.05, 4.69) is 17.4 Å². The van der Waals surface area contributed by atoms with Crippen LogP contribution < -0.4 is 0 Å². The molecule has 0 N–H and O–H groups in total. The highest BCUT2D eigenvalue weighted by Gasteiger charge is 2.11. The first-order valence-electron chi connectivity index (χ1n) is 4.96. The molecule has 3 nitrogen and oxygen atoms in total. The Morgan fingerprint density at radius 2 is 2.00 bits per heavy atom. The number of hydrogen-bond acceptors (Lipinski definition) is 3. The lowest BCUT2D eigenvalue weighted by atomic mass is 9.98. The van der Waals surface area contributed by atoms with Gasteiger partial charge in [-0.15, -0.1) is 0 Å². The van der Waals surface area contributed by atoms with Crippen molar-refractivity contribution in [1.82, 2.24) is 0 Å². The smallest absolute Gasteiger partial charge is 0.438 e. The minimum absolute atomic E-state index is 0.166. The summed E-state index contributed by atoms with van der Waals surface area (Å²) in [6.45, 7) is 10.2. The van der Waals surface area contributed by atoms with Gasteiger partial charge in [0, 0.05) is 5.92 Å². The maximum absolute atomic E-state index is 10.8. The molecule has 0 aromatic carbocycles. The van der Waals surface area contributed by atoms with E-state index in [1.54, 1.807) is 0 Å². The van der Waals surface area contributed by atoms with Gasteiger partial charge in [0.1, 0.15) is 6.61 Å². The largest absolute Gasteiger partial charge is 0.507 e. The second kappa shape index (κ2) is 7.10. The quantitative estimate of drug-likeness (QED) is 0.518. The minimum atomic E-state index is -0.640. The van der Waals surface area contributed by atoms with Gasteiger partial charge in [0.25, 0.3) is 0 Å². The molecule has 0 unspecified atom stereocenters. The molecule has 0 aliphatic rings. The van der Waals surface area contributed by atoms with Gasteiger partial charge in [-0.25, -0.2) is 4.79 Å². The number of carbonyl (C=O) groups excluding carboxylic acids is 1. The average Bonchev–Trinajstić information content (AvgIpc) is 2.16. The van der Waals surface area contributed by atoms with Crippen molar-refractivity contribution in [2.45, 2.75) is 27.2 Å². The molecule has 3 heteroatoms. The topological polar surface area (TPSA) is 35.5 Å². The summed E-state index contributed by atoms with van der Waals surface area (Å²) in [6, 6.07) is 0. The number of ether oxygens (including phenoxy) is 2. The Hall–Kier alpha value is -1.25. The van der Waals surface area contributed by atoms with E-state index >= 15 is 0 Å². The molecule has 0 saturated heterocycles. The molecule has 0 aliphatic carbocycles. The molecule has 0 saturated carbocycles. The molecule has 0 fully saturated rings. The molecule has 15 heavy (non-hydrogen) atoms. The summed E-state index contributed by atoms with van der Waals surface area (Å²) in [4.78, 5) is 10.8. The number of hydrogen-bond donors (Lipinski definition) is 0. The molecule has 0 rings (SSSR count). The first-order valence-corrected chi connectivity index (χ1v) is 4.96. The number of carbonyl (C=O) groups is 1. The van der Waals surface area contributed by atoms with Gasteiger partial charge in [-0.1, -0.05) is 23.8 Å². The van der Waals surface area contributed by atoms with Crippen LogP contribution in [0.2, 0.25) is 0 Å². The predicted molar refractivity (Wildman–Crippen MR) is 60.7 cm³/mol. The normalized spacial score (nSPS) is 11.5. The molecule has 0 radical (unpaired) electrons. The Kier molecular flexibility index (Phi) is 6.50. The Morgan fingerprint density at radius 3 is 2.40 bits per heavy atom. The van der Waals surface area contributed by atoms with E-state index in [1.165, 1.54) is 12.7 Å². The maximum atomic E-state index is 10.8. The molecule has 0 aromatic rings. The Balaban J connectivity index is 4.11. The fraction of sp³-hybridized carbons (Fsp3) is 0.583. The van der Waals surface area contributed by atoms with Crippen LogP contribution in [0.5, 0.6) is 0 Å². The molecule has 0 heterocycles. The highest BCUT2D eigenvalue weighted by molar-refractivity contribution is 5.59. The van der Waals surface area contributed by atoms with Gasteiger partial charge in [0.05, 0.1) is 7.11 Å². The maximum Gasteiger partial charge on any atom is 0.507 e. The van der Waals surface area contributed by atoms with E-state index in [0.717, 1.165) is 12.0 Å². The first kappa shape index (κ1) is 13.8. The molecular formula is C12H20O3. The number of rotatable bonds is 5. The standard InChI is InChI=1S/C12H20O3/c1-9(2)6-7-11(10(3)4)8-15-12(13)14-5/h6,11H,3,7-8H2,1-2,4-5H3/t11-/m0/s1. The summed E-state index contributed by atoms with van der Waals surface area (Å²) in [6.07, 6.45) is 2.31. The van der Waals surface area contributed by atoms with Crippen molar-refractivity contribution < 1.29 is 14.3 Å². The zero-order valence-electron chi connectivity index (χ0n) is 10.0. The Labute approximate surface area is 91.8 Å². The summed E-state index contributed by atoms with van der Waals surface area (Å²) in [5.74, 6) is 0.166. The molecule has 1 atom stereocenters. The van der Waals surface area contributed by atoms with E-state index in [9.17, 15) is 4.79 Å². The predicted octanol–water partition coefficient (Wildman–Crippen LogP) is 3.32. The molecular weight excluding hydrogens is 192 g/mol. The molecule has 0 aliphatic heterocycles. The van der Waals surface area contributed by atoms with Crippen molar-refractivity contribution >= 4 is 6.16 Å². The Morgan fingerprint density at radius 1 is 1.40 bits per heavy atom. The first-order chi connectivity index (χ1) is 6.97. The number of allylic oxidation sites excluding steroid dienone is 2. The van der Waals surface area contributed by atoms with Gasteiger partial charge in [-0.05, 0) is 27.2 Å². The van der Waals surface area contributed by atoms with Crippen molar-refractivity contribution in [3.63, 3.8) is 0 Å². The van der Waals surface area contributed by atoms with Gasteiger partial charge in [0.15, 0.2) is 0 Å². The molecule has 0 aromatic heterocycles. The highest BCUT2D eigenvalue weighted by atomic mass is 16.7. The van der Waals surface area contributed by atoms with E-state index in [0.29, 0.717) is 6.61 Å². The van der Waals surface area contributed by atoms with Crippen molar-refractivity contribution in [3.8, 4) is 0 Å². The van der Waals surface area contributed by atoms with Gasteiger partial charge in [0.2, 0.25) is 0 Å². The fourth-order valence-electron chi connectivity index (χ4n) is 1.02. The lowest BCUT2D eigenvalue weighted by molar-refractivity contribution is 0.0641. The van der Waals surface area contributed by atoms with Crippen LogP contribution in [-0.4, -0.2) is 19.9 Å². The molecule has 0 amide bonds. The van der Waals surface area contributed by atoms with Crippen LogP contribution in [0.3, 0.4) is 0 Å². The van der Waals surface area contributed by atoms with Crippen LogP contribution in [0, 0.1) is 5.92 Å².